The molecule has 0 aromatic carbocycles. The number of unbranched alkanes of at least 4 members (excludes halogenated alkanes) is 30. The van der Waals surface area contributed by atoms with E-state index in [1.165, 1.54) is 205 Å². The first-order valence-corrected chi connectivity index (χ1v) is 19.4. The van der Waals surface area contributed by atoms with Gasteiger partial charge in [0.25, 0.3) is 0 Å². The second-order valence-electron chi connectivity index (χ2n) is 13.3. The summed E-state index contributed by atoms with van der Waals surface area (Å²) < 4.78 is 0. The van der Waals surface area contributed by atoms with Crippen molar-refractivity contribution in [3.8, 4) is 0 Å². The molecule has 0 N–H and O–H groups in total. The van der Waals surface area contributed by atoms with Gasteiger partial charge in [0, 0.05) is 0 Å². The van der Waals surface area contributed by atoms with Crippen LogP contribution in [0.15, 0.2) is 12.7 Å². The summed E-state index contributed by atoms with van der Waals surface area (Å²) in [7, 11) is 0. The fourth-order valence-electron chi connectivity index (χ4n) is 6.26. The molecule has 1 heteroatoms. The molecule has 0 radical (unpaired) electrons. The number of halogens is 1. The fraction of sp³-hybridized carbons (Fsp3) is 0.949. The number of rotatable bonds is 35. The van der Waals surface area contributed by atoms with Crippen molar-refractivity contribution in [3.63, 3.8) is 0 Å². The van der Waals surface area contributed by atoms with Gasteiger partial charge in [-0.15, -0.1) is 18.2 Å². The molecular weight excluding hydrogens is 504 g/mol. The minimum Gasteiger partial charge on any atom is -0.115 e. The summed E-state index contributed by atoms with van der Waals surface area (Å²) in [5.41, 5.74) is 0. The molecule has 0 atom stereocenters. The lowest BCUT2D eigenvalue weighted by atomic mass is 9.93. The fourth-order valence-corrected chi connectivity index (χ4v) is 6.53. The van der Waals surface area contributed by atoms with E-state index < -0.39 is 0 Å². The zero-order valence-corrected chi connectivity index (χ0v) is 29.0. The Balaban J connectivity index is 3.39. The average molecular weight is 581 g/mol. The van der Waals surface area contributed by atoms with E-state index in [9.17, 15) is 0 Å². The normalized spacial score (nSPS) is 11.9. The quantitative estimate of drug-likeness (QED) is 0.0397. The maximum atomic E-state index is 6.94. The maximum absolute atomic E-state index is 6.94. The molecule has 0 rings (SSSR count). The van der Waals surface area contributed by atoms with Crippen LogP contribution < -0.4 is 0 Å². The number of hydrogen-bond donors (Lipinski definition) is 0. The van der Waals surface area contributed by atoms with Crippen LogP contribution in [-0.4, -0.2) is 4.87 Å². The first kappa shape index (κ1) is 40.0. The highest BCUT2D eigenvalue weighted by molar-refractivity contribution is 6.25. The standard InChI is InChI=1S/C39H77Cl/c1-4-7-9-11-13-15-17-19-21-23-25-27-29-31-33-35-37-39(40,6-3)38-36-34-32-30-28-26-24-22-20-18-16-14-12-10-8-5-2/h6H,3-5,7-38H2,1-2H3. The van der Waals surface area contributed by atoms with Gasteiger partial charge in [-0.3, -0.25) is 0 Å². The van der Waals surface area contributed by atoms with Crippen molar-refractivity contribution in [2.24, 2.45) is 0 Å². The van der Waals surface area contributed by atoms with Gasteiger partial charge in [0.15, 0.2) is 0 Å². The van der Waals surface area contributed by atoms with Gasteiger partial charge in [-0.25, -0.2) is 0 Å². The summed E-state index contributed by atoms with van der Waals surface area (Å²) in [5.74, 6) is 0. The molecule has 0 aliphatic carbocycles. The van der Waals surface area contributed by atoms with Crippen molar-refractivity contribution in [3.05, 3.63) is 12.7 Å². The van der Waals surface area contributed by atoms with Crippen LogP contribution in [0.2, 0.25) is 0 Å². The lowest BCUT2D eigenvalue weighted by molar-refractivity contribution is 0.481. The number of allylic oxidation sites excluding steroid dienone is 1. The molecule has 0 aromatic heterocycles. The van der Waals surface area contributed by atoms with Crippen molar-refractivity contribution >= 4 is 11.6 Å². The van der Waals surface area contributed by atoms with E-state index in [1.807, 2.05) is 6.08 Å². The molecule has 0 heterocycles. The third-order valence-corrected chi connectivity index (χ3v) is 9.79. The van der Waals surface area contributed by atoms with Gasteiger partial charge in [-0.05, 0) is 12.8 Å². The Labute approximate surface area is 260 Å². The van der Waals surface area contributed by atoms with E-state index >= 15 is 0 Å². The van der Waals surface area contributed by atoms with Crippen LogP contribution in [-0.2, 0) is 0 Å². The van der Waals surface area contributed by atoms with Gasteiger partial charge in [0.1, 0.15) is 0 Å². The van der Waals surface area contributed by atoms with Crippen molar-refractivity contribution in [2.75, 3.05) is 0 Å². The lowest BCUT2D eigenvalue weighted by Gasteiger charge is -2.23. The molecule has 0 fully saturated rings. The van der Waals surface area contributed by atoms with E-state index in [1.54, 1.807) is 0 Å². The van der Waals surface area contributed by atoms with E-state index in [2.05, 4.69) is 20.4 Å². The molecule has 0 unspecified atom stereocenters. The zero-order valence-electron chi connectivity index (χ0n) is 28.2. The Morgan fingerprint density at radius 1 is 0.350 bits per heavy atom. The third kappa shape index (κ3) is 31.0. The Hall–Kier alpha value is 0.0300. The maximum Gasteiger partial charge on any atom is 0.0623 e. The van der Waals surface area contributed by atoms with Gasteiger partial charge in [-0.1, -0.05) is 225 Å². The topological polar surface area (TPSA) is 0 Å². The van der Waals surface area contributed by atoms with E-state index in [4.69, 9.17) is 11.6 Å². The largest absolute Gasteiger partial charge is 0.115 e. The highest BCUT2D eigenvalue weighted by Gasteiger charge is 2.21. The summed E-state index contributed by atoms with van der Waals surface area (Å²) in [4.78, 5) is -0.147. The monoisotopic (exact) mass is 581 g/mol. The SMILES string of the molecule is C=CC(Cl)(CCCCCCCCCCCCCCCCCC)CCCCCCCCCCCCCCCCCC. The van der Waals surface area contributed by atoms with E-state index in [0.29, 0.717) is 0 Å². The third-order valence-electron chi connectivity index (χ3n) is 9.26. The van der Waals surface area contributed by atoms with Gasteiger partial charge >= 0.3 is 0 Å². The Morgan fingerprint density at radius 2 is 0.525 bits per heavy atom. The van der Waals surface area contributed by atoms with Crippen LogP contribution in [0, 0.1) is 0 Å². The van der Waals surface area contributed by atoms with Crippen LogP contribution >= 0.6 is 11.6 Å². The second-order valence-corrected chi connectivity index (χ2v) is 14.1. The first-order valence-electron chi connectivity index (χ1n) is 19.0. The van der Waals surface area contributed by atoms with Gasteiger partial charge in [-0.2, -0.15) is 0 Å². The molecule has 0 amide bonds. The van der Waals surface area contributed by atoms with Crippen molar-refractivity contribution in [2.45, 2.75) is 237 Å². The highest BCUT2D eigenvalue weighted by atomic mass is 35.5. The molecule has 0 nitrogen and oxygen atoms in total. The molecule has 0 aromatic rings. The van der Waals surface area contributed by atoms with Crippen LogP contribution in [0.5, 0.6) is 0 Å². The molecule has 0 saturated heterocycles. The predicted octanol–water partition coefficient (Wildman–Crippen LogP) is 15.5. The minimum absolute atomic E-state index is 0.147. The summed E-state index contributed by atoms with van der Waals surface area (Å²) in [6, 6.07) is 0. The van der Waals surface area contributed by atoms with E-state index in [-0.39, 0.29) is 4.87 Å². The second kappa shape index (κ2) is 33.5. The first-order chi connectivity index (χ1) is 19.7. The summed E-state index contributed by atoms with van der Waals surface area (Å²) in [5, 5.41) is 0. The lowest BCUT2D eigenvalue weighted by Crippen LogP contribution is -2.17. The number of hydrogen-bond acceptors (Lipinski definition) is 0. The van der Waals surface area contributed by atoms with Crippen molar-refractivity contribution in [1.82, 2.24) is 0 Å². The van der Waals surface area contributed by atoms with Crippen LogP contribution in [0.1, 0.15) is 232 Å². The summed E-state index contributed by atoms with van der Waals surface area (Å²) in [6.07, 6.45) is 49.9. The highest BCUT2D eigenvalue weighted by Crippen LogP contribution is 2.31. The summed E-state index contributed by atoms with van der Waals surface area (Å²) in [6.45, 7) is 8.69. The van der Waals surface area contributed by atoms with Crippen LogP contribution in [0.3, 0.4) is 0 Å². The molecule has 40 heavy (non-hydrogen) atoms. The molecule has 0 bridgehead atoms. The average Bonchev–Trinajstić information content (AvgIpc) is 2.96. The molecule has 0 saturated carbocycles. The predicted molar refractivity (Wildman–Crippen MR) is 187 cm³/mol. The van der Waals surface area contributed by atoms with Gasteiger partial charge in [0.2, 0.25) is 0 Å². The van der Waals surface area contributed by atoms with Crippen molar-refractivity contribution in [1.29, 1.82) is 0 Å². The molecule has 0 aliphatic heterocycles. The van der Waals surface area contributed by atoms with Gasteiger partial charge in [0.05, 0.1) is 4.87 Å². The number of alkyl halides is 1. The van der Waals surface area contributed by atoms with Crippen LogP contribution in [0.4, 0.5) is 0 Å². The van der Waals surface area contributed by atoms with Gasteiger partial charge < -0.3 is 0 Å². The summed E-state index contributed by atoms with van der Waals surface area (Å²) >= 11 is 6.94. The molecule has 240 valence electrons. The molecule has 0 spiro atoms. The Kier molecular flexibility index (Phi) is 33.6. The molecular formula is C39H77Cl. The van der Waals surface area contributed by atoms with E-state index in [0.717, 1.165) is 12.8 Å². The minimum atomic E-state index is -0.147. The molecule has 0 aliphatic rings. The smallest absolute Gasteiger partial charge is 0.0623 e. The van der Waals surface area contributed by atoms with Crippen LogP contribution in [0.25, 0.3) is 0 Å². The van der Waals surface area contributed by atoms with Crippen molar-refractivity contribution < 1.29 is 0 Å². The Bertz CT molecular complexity index is 433. The zero-order chi connectivity index (χ0) is 29.2. The Morgan fingerprint density at radius 3 is 0.700 bits per heavy atom.